The van der Waals surface area contributed by atoms with E-state index < -0.39 is 47.9 Å². The Kier molecular flexibility index (Phi) is 3.72. The summed E-state index contributed by atoms with van der Waals surface area (Å²) in [5.41, 5.74) is 0. The van der Waals surface area contributed by atoms with Crippen LogP contribution in [0.25, 0.3) is 0 Å². The van der Waals surface area contributed by atoms with Crippen molar-refractivity contribution in [3.8, 4) is 0 Å². The molecule has 0 aromatic rings. The molecule has 2 rings (SSSR count). The van der Waals surface area contributed by atoms with Crippen LogP contribution in [0.2, 0.25) is 0 Å². The van der Waals surface area contributed by atoms with E-state index in [0.717, 1.165) is 0 Å². The second-order valence-corrected chi connectivity index (χ2v) is 11.8. The number of esters is 1. The molecular weight excluding hydrogens is 355 g/mol. The van der Waals surface area contributed by atoms with E-state index in [0.29, 0.717) is 0 Å². The zero-order chi connectivity index (χ0) is 13.5. The molecule has 2 heterocycles. The second-order valence-electron chi connectivity index (χ2n) is 4.82. The minimum absolute atomic E-state index is 0.204. The molecule has 0 amide bonds. The number of fused-ring (bicyclic) bond motifs is 1. The second kappa shape index (κ2) is 4.84. The van der Waals surface area contributed by atoms with Crippen LogP contribution in [0.4, 0.5) is 4.79 Å². The molecule has 0 radical (unpaired) electrons. The SMILES string of the molecule is CI(C)C(C)(C)C(=O)OC1OCC2OC(=O)OC21. The van der Waals surface area contributed by atoms with Gasteiger partial charge in [-0.3, -0.25) is 0 Å². The summed E-state index contributed by atoms with van der Waals surface area (Å²) in [7, 11) is 0. The van der Waals surface area contributed by atoms with Crippen LogP contribution in [-0.4, -0.2) is 50.5 Å². The van der Waals surface area contributed by atoms with Gasteiger partial charge in [0.15, 0.2) is 0 Å². The van der Waals surface area contributed by atoms with Gasteiger partial charge in [0.05, 0.1) is 0 Å². The molecule has 0 spiro atoms. The van der Waals surface area contributed by atoms with Crippen LogP contribution in [-0.2, 0) is 23.7 Å². The van der Waals surface area contributed by atoms with Crippen LogP contribution in [0, 0.1) is 0 Å². The Morgan fingerprint density at radius 3 is 2.67 bits per heavy atom. The summed E-state index contributed by atoms with van der Waals surface area (Å²) < 4.78 is 19.9. The number of carbonyl (C=O) groups excluding carboxylic acids is 2. The van der Waals surface area contributed by atoms with Gasteiger partial charge in [-0.05, 0) is 0 Å². The number of hydrogen-bond donors (Lipinski definition) is 0. The van der Waals surface area contributed by atoms with Crippen LogP contribution in [0.5, 0.6) is 0 Å². The average molecular weight is 372 g/mol. The van der Waals surface area contributed by atoms with Crippen molar-refractivity contribution in [1.29, 1.82) is 0 Å². The fraction of sp³-hybridized carbons (Fsp3) is 0.818. The van der Waals surface area contributed by atoms with Gasteiger partial charge in [0, 0.05) is 0 Å². The first-order valence-electron chi connectivity index (χ1n) is 5.52. The molecule has 2 saturated heterocycles. The summed E-state index contributed by atoms with van der Waals surface area (Å²) in [6.07, 6.45) is -2.67. The van der Waals surface area contributed by atoms with Gasteiger partial charge in [0.25, 0.3) is 0 Å². The molecule has 7 heteroatoms. The van der Waals surface area contributed by atoms with E-state index in [1.54, 1.807) is 0 Å². The zero-order valence-electron chi connectivity index (χ0n) is 10.8. The van der Waals surface area contributed by atoms with Crippen molar-refractivity contribution in [1.82, 2.24) is 0 Å². The quantitative estimate of drug-likeness (QED) is 0.423. The van der Waals surface area contributed by atoms with Gasteiger partial charge in [-0.15, -0.1) is 0 Å². The summed E-state index contributed by atoms with van der Waals surface area (Å²) in [5.74, 6) is -0.300. The fourth-order valence-corrected chi connectivity index (χ4v) is 2.56. The molecule has 6 nitrogen and oxygen atoms in total. The molecule has 2 fully saturated rings. The third-order valence-electron chi connectivity index (χ3n) is 3.19. The Labute approximate surface area is 113 Å². The predicted octanol–water partition coefficient (Wildman–Crippen LogP) is 1.33. The van der Waals surface area contributed by atoms with Crippen molar-refractivity contribution in [3.05, 3.63) is 0 Å². The molecule has 2 aliphatic heterocycles. The predicted molar refractivity (Wildman–Crippen MR) is 70.9 cm³/mol. The maximum atomic E-state index is 12.1. The molecule has 0 bridgehead atoms. The van der Waals surface area contributed by atoms with E-state index in [1.165, 1.54) is 0 Å². The van der Waals surface area contributed by atoms with Crippen molar-refractivity contribution < 1.29 is 28.5 Å². The van der Waals surface area contributed by atoms with Crippen molar-refractivity contribution in [2.24, 2.45) is 0 Å². The normalized spacial score (nSPS) is 31.4. The van der Waals surface area contributed by atoms with E-state index in [4.69, 9.17) is 18.9 Å². The van der Waals surface area contributed by atoms with Gasteiger partial charge >= 0.3 is 113 Å². The number of carbonyl (C=O) groups is 2. The van der Waals surface area contributed by atoms with Gasteiger partial charge in [0.1, 0.15) is 0 Å². The maximum absolute atomic E-state index is 12.1. The first-order chi connectivity index (χ1) is 8.32. The van der Waals surface area contributed by atoms with E-state index >= 15 is 0 Å². The van der Waals surface area contributed by atoms with Gasteiger partial charge in [0.2, 0.25) is 0 Å². The van der Waals surface area contributed by atoms with Gasteiger partial charge in [-0.2, -0.15) is 0 Å². The monoisotopic (exact) mass is 372 g/mol. The van der Waals surface area contributed by atoms with Crippen LogP contribution >= 0.6 is 19.8 Å². The third-order valence-corrected chi connectivity index (χ3v) is 9.03. The van der Waals surface area contributed by atoms with Crippen molar-refractivity contribution in [2.75, 3.05) is 16.5 Å². The summed E-state index contributed by atoms with van der Waals surface area (Å²) in [6.45, 7) is 3.96. The minimum atomic E-state index is -1.38. The van der Waals surface area contributed by atoms with Gasteiger partial charge < -0.3 is 0 Å². The summed E-state index contributed by atoms with van der Waals surface area (Å²) in [4.78, 5) is 27.2. The molecule has 3 unspecified atom stereocenters. The topological polar surface area (TPSA) is 71.1 Å². The molecule has 0 aliphatic carbocycles. The number of ether oxygens (including phenoxy) is 4. The molecule has 18 heavy (non-hydrogen) atoms. The Bertz CT molecular complexity index is 367. The Hall–Kier alpha value is -0.570. The molecule has 2 aliphatic rings. The van der Waals surface area contributed by atoms with Crippen molar-refractivity contribution >= 4 is 31.9 Å². The zero-order valence-corrected chi connectivity index (χ0v) is 12.9. The van der Waals surface area contributed by atoms with Crippen molar-refractivity contribution in [2.45, 2.75) is 35.8 Å². The molecule has 104 valence electrons. The molecule has 0 aromatic heterocycles. The van der Waals surface area contributed by atoms with E-state index in [9.17, 15) is 9.59 Å². The molecular formula is C11H17IO6. The van der Waals surface area contributed by atoms with Gasteiger partial charge in [-0.25, -0.2) is 0 Å². The number of rotatable bonds is 3. The number of alkyl halides is 3. The molecule has 0 N–H and O–H groups in total. The van der Waals surface area contributed by atoms with Crippen molar-refractivity contribution in [3.63, 3.8) is 0 Å². The van der Waals surface area contributed by atoms with Crippen LogP contribution in [0.1, 0.15) is 13.8 Å². The summed E-state index contributed by atoms with van der Waals surface area (Å²) in [5, 5.41) is 0. The standard InChI is InChI=1S/C11H17IO6/c1-11(2,12(3)4)9(13)18-8-7-6(5-15-8)16-10(14)17-7/h6-8H,5H2,1-4H3. The molecule has 0 saturated carbocycles. The first kappa shape index (κ1) is 13.9. The Morgan fingerprint density at radius 1 is 1.39 bits per heavy atom. The van der Waals surface area contributed by atoms with E-state index in [1.807, 2.05) is 13.8 Å². The summed E-state index contributed by atoms with van der Waals surface area (Å²) >= 11 is -1.38. The Morgan fingerprint density at radius 2 is 2.06 bits per heavy atom. The number of hydrogen-bond acceptors (Lipinski definition) is 6. The first-order valence-corrected chi connectivity index (χ1v) is 10.9. The van der Waals surface area contributed by atoms with Crippen LogP contribution in [0.15, 0.2) is 0 Å². The fourth-order valence-electron chi connectivity index (χ4n) is 1.55. The van der Waals surface area contributed by atoms with E-state index in [-0.39, 0.29) is 12.6 Å². The van der Waals surface area contributed by atoms with Crippen LogP contribution < -0.4 is 0 Å². The van der Waals surface area contributed by atoms with Crippen LogP contribution in [0.3, 0.4) is 0 Å². The van der Waals surface area contributed by atoms with Gasteiger partial charge in [-0.1, -0.05) is 0 Å². The Balaban J connectivity index is 1.98. The number of halogens is 1. The average Bonchev–Trinajstić information content (AvgIpc) is 2.79. The van der Waals surface area contributed by atoms with E-state index in [2.05, 4.69) is 9.86 Å². The third kappa shape index (κ3) is 2.42. The summed E-state index contributed by atoms with van der Waals surface area (Å²) in [6, 6.07) is 0. The molecule has 0 aromatic carbocycles. The molecule has 3 atom stereocenters.